The van der Waals surface area contributed by atoms with E-state index in [0.717, 1.165) is 35.5 Å². The summed E-state index contributed by atoms with van der Waals surface area (Å²) in [6, 6.07) is 17.8. The first-order valence-electron chi connectivity index (χ1n) is 12.6. The molecule has 0 saturated carbocycles. The lowest BCUT2D eigenvalue weighted by molar-refractivity contribution is 0.0155. The third-order valence-corrected chi connectivity index (χ3v) is 6.20. The predicted molar refractivity (Wildman–Crippen MR) is 143 cm³/mol. The number of methoxy groups -OCH3 is 1. The van der Waals surface area contributed by atoms with Crippen LogP contribution in [0.3, 0.4) is 0 Å². The molecule has 1 aromatic heterocycles. The van der Waals surface area contributed by atoms with Crippen molar-refractivity contribution in [3.63, 3.8) is 0 Å². The average Bonchev–Trinajstić information content (AvgIpc) is 3.25. The lowest BCUT2D eigenvalue weighted by Gasteiger charge is -2.30. The molecular weight excluding hydrogens is 454 g/mol. The summed E-state index contributed by atoms with van der Waals surface area (Å²) in [5.74, 6) is 2.14. The van der Waals surface area contributed by atoms with E-state index in [0.29, 0.717) is 31.3 Å². The number of hydrogen-bond donors (Lipinski definition) is 1. The maximum atomic E-state index is 10.7. The van der Waals surface area contributed by atoms with Gasteiger partial charge in [0.1, 0.15) is 11.5 Å². The summed E-state index contributed by atoms with van der Waals surface area (Å²) >= 11 is 0. The Morgan fingerprint density at radius 2 is 1.78 bits per heavy atom. The van der Waals surface area contributed by atoms with Crippen molar-refractivity contribution in [2.45, 2.75) is 52.3 Å². The third-order valence-electron chi connectivity index (χ3n) is 6.20. The SMILES string of the molecule is C=CCOC[C@@H](O)CN(Cc1c(CC)nn(-c2ccccc2)c1Oc1ccc(OC)cc1)[C@@H](C)CC. The number of ether oxygens (including phenoxy) is 3. The van der Waals surface area contributed by atoms with Crippen LogP contribution in [-0.2, 0) is 17.7 Å². The molecule has 7 nitrogen and oxygen atoms in total. The van der Waals surface area contributed by atoms with Crippen molar-refractivity contribution in [1.82, 2.24) is 14.7 Å². The zero-order valence-electron chi connectivity index (χ0n) is 21.9. The monoisotopic (exact) mass is 493 g/mol. The van der Waals surface area contributed by atoms with Gasteiger partial charge in [-0.15, -0.1) is 6.58 Å². The lowest BCUT2D eigenvalue weighted by Crippen LogP contribution is -2.40. The van der Waals surface area contributed by atoms with Crippen LogP contribution in [0, 0.1) is 0 Å². The fourth-order valence-electron chi connectivity index (χ4n) is 4.00. The summed E-state index contributed by atoms with van der Waals surface area (Å²) in [6.07, 6.45) is 2.78. The minimum atomic E-state index is -0.612. The van der Waals surface area contributed by atoms with Crippen LogP contribution in [0.15, 0.2) is 67.3 Å². The molecule has 2 aromatic carbocycles. The van der Waals surface area contributed by atoms with E-state index in [1.807, 2.05) is 59.3 Å². The molecule has 0 aliphatic heterocycles. The second-order valence-corrected chi connectivity index (χ2v) is 8.78. The number of rotatable bonds is 15. The fraction of sp³-hybridized carbons (Fsp3) is 0.414. The molecule has 0 fully saturated rings. The van der Waals surface area contributed by atoms with Gasteiger partial charge in [0.25, 0.3) is 0 Å². The van der Waals surface area contributed by atoms with Gasteiger partial charge in [-0.2, -0.15) is 5.10 Å². The molecule has 3 aromatic rings. The van der Waals surface area contributed by atoms with Crippen LogP contribution in [-0.4, -0.2) is 58.8 Å². The van der Waals surface area contributed by atoms with Crippen LogP contribution in [0.1, 0.15) is 38.4 Å². The van der Waals surface area contributed by atoms with E-state index in [2.05, 4.69) is 32.3 Å². The number of para-hydroxylation sites is 1. The maximum absolute atomic E-state index is 10.7. The molecule has 1 N–H and O–H groups in total. The molecule has 0 aliphatic carbocycles. The van der Waals surface area contributed by atoms with Crippen LogP contribution in [0.5, 0.6) is 17.4 Å². The molecule has 0 spiro atoms. The second kappa shape index (κ2) is 13.8. The first kappa shape index (κ1) is 27.5. The van der Waals surface area contributed by atoms with E-state index in [-0.39, 0.29) is 12.6 Å². The molecule has 0 radical (unpaired) electrons. The Kier molecular flexibility index (Phi) is 10.5. The highest BCUT2D eigenvalue weighted by molar-refractivity contribution is 5.44. The van der Waals surface area contributed by atoms with Crippen LogP contribution < -0.4 is 9.47 Å². The minimum Gasteiger partial charge on any atom is -0.497 e. The van der Waals surface area contributed by atoms with Gasteiger partial charge in [-0.05, 0) is 56.2 Å². The fourth-order valence-corrected chi connectivity index (χ4v) is 4.00. The number of aliphatic hydroxyl groups excluding tert-OH is 1. The van der Waals surface area contributed by atoms with Crippen LogP contribution >= 0.6 is 0 Å². The molecule has 194 valence electrons. The van der Waals surface area contributed by atoms with Gasteiger partial charge in [-0.25, -0.2) is 4.68 Å². The third kappa shape index (κ3) is 7.20. The Bertz CT molecular complexity index is 1070. The van der Waals surface area contributed by atoms with Gasteiger partial charge in [0, 0.05) is 19.1 Å². The van der Waals surface area contributed by atoms with Crippen LogP contribution in [0.4, 0.5) is 0 Å². The summed E-state index contributed by atoms with van der Waals surface area (Å²) in [6.45, 7) is 11.9. The van der Waals surface area contributed by atoms with Crippen LogP contribution in [0.25, 0.3) is 5.69 Å². The quantitative estimate of drug-likeness (QED) is 0.226. The van der Waals surface area contributed by atoms with Gasteiger partial charge in [0.2, 0.25) is 5.88 Å². The van der Waals surface area contributed by atoms with Gasteiger partial charge in [0.05, 0.1) is 43.4 Å². The zero-order valence-corrected chi connectivity index (χ0v) is 21.9. The van der Waals surface area contributed by atoms with Crippen molar-refractivity contribution in [3.05, 3.63) is 78.5 Å². The van der Waals surface area contributed by atoms with Crippen LogP contribution in [0.2, 0.25) is 0 Å². The number of nitrogens with zero attached hydrogens (tertiary/aromatic N) is 3. The van der Waals surface area contributed by atoms with E-state index in [1.165, 1.54) is 0 Å². The molecule has 2 atom stereocenters. The van der Waals surface area contributed by atoms with E-state index < -0.39 is 6.10 Å². The van der Waals surface area contributed by atoms with Crippen molar-refractivity contribution in [2.75, 3.05) is 26.9 Å². The van der Waals surface area contributed by atoms with E-state index >= 15 is 0 Å². The number of aryl methyl sites for hydroxylation is 1. The summed E-state index contributed by atoms with van der Waals surface area (Å²) in [5, 5.41) is 15.6. The topological polar surface area (TPSA) is 69.0 Å². The molecule has 0 aliphatic rings. The standard InChI is InChI=1S/C29H39N3O4/c1-6-18-35-21-24(33)19-31(22(4)7-2)20-27-28(8-3)30-32(23-12-10-9-11-13-23)29(27)36-26-16-14-25(34-5)15-17-26/h6,9-17,22,24,33H,1,7-8,18-21H2,2-5H3/t22-,24-/m0/s1. The molecule has 1 heterocycles. The summed E-state index contributed by atoms with van der Waals surface area (Å²) in [7, 11) is 1.65. The number of hydrogen-bond acceptors (Lipinski definition) is 6. The number of aliphatic hydroxyl groups is 1. The van der Waals surface area contributed by atoms with Gasteiger partial charge in [-0.1, -0.05) is 38.1 Å². The summed E-state index contributed by atoms with van der Waals surface area (Å²) in [4.78, 5) is 2.27. The predicted octanol–water partition coefficient (Wildman–Crippen LogP) is 5.40. The van der Waals surface area contributed by atoms with Crippen molar-refractivity contribution in [1.29, 1.82) is 0 Å². The van der Waals surface area contributed by atoms with Crippen molar-refractivity contribution < 1.29 is 19.3 Å². The average molecular weight is 494 g/mol. The Labute approximate surface area is 214 Å². The lowest BCUT2D eigenvalue weighted by atomic mass is 10.1. The van der Waals surface area contributed by atoms with Gasteiger partial charge in [0.15, 0.2) is 0 Å². The van der Waals surface area contributed by atoms with Gasteiger partial charge < -0.3 is 19.3 Å². The molecule has 36 heavy (non-hydrogen) atoms. The van der Waals surface area contributed by atoms with Crippen molar-refractivity contribution in [2.24, 2.45) is 0 Å². The largest absolute Gasteiger partial charge is 0.497 e. The smallest absolute Gasteiger partial charge is 0.227 e. The maximum Gasteiger partial charge on any atom is 0.227 e. The van der Waals surface area contributed by atoms with E-state index in [1.54, 1.807) is 13.2 Å². The molecular formula is C29H39N3O4. The minimum absolute atomic E-state index is 0.248. The van der Waals surface area contributed by atoms with E-state index in [4.69, 9.17) is 19.3 Å². The Morgan fingerprint density at radius 1 is 1.08 bits per heavy atom. The molecule has 3 rings (SSSR count). The van der Waals surface area contributed by atoms with Gasteiger partial charge in [-0.3, -0.25) is 4.90 Å². The summed E-state index contributed by atoms with van der Waals surface area (Å²) in [5.41, 5.74) is 2.90. The van der Waals surface area contributed by atoms with Gasteiger partial charge >= 0.3 is 0 Å². The first-order chi connectivity index (χ1) is 17.5. The molecule has 0 bridgehead atoms. The number of benzene rings is 2. The second-order valence-electron chi connectivity index (χ2n) is 8.78. The highest BCUT2D eigenvalue weighted by Crippen LogP contribution is 2.33. The molecule has 0 saturated heterocycles. The molecule has 0 unspecified atom stereocenters. The Balaban J connectivity index is 1.99. The Morgan fingerprint density at radius 3 is 2.39 bits per heavy atom. The number of aromatic nitrogens is 2. The molecule has 7 heteroatoms. The van der Waals surface area contributed by atoms with Crippen molar-refractivity contribution >= 4 is 0 Å². The summed E-state index contributed by atoms with van der Waals surface area (Å²) < 4.78 is 19.2. The highest BCUT2D eigenvalue weighted by atomic mass is 16.5. The Hall–Kier alpha value is -3.13. The van der Waals surface area contributed by atoms with E-state index in [9.17, 15) is 5.11 Å². The first-order valence-corrected chi connectivity index (χ1v) is 12.6. The normalized spacial score (nSPS) is 12.9. The highest BCUT2D eigenvalue weighted by Gasteiger charge is 2.25. The molecule has 0 amide bonds. The zero-order chi connectivity index (χ0) is 25.9. The van der Waals surface area contributed by atoms with Crippen molar-refractivity contribution in [3.8, 4) is 23.1 Å².